The van der Waals surface area contributed by atoms with Gasteiger partial charge in [-0.05, 0) is 18.0 Å². The third-order valence-electron chi connectivity index (χ3n) is 4.00. The first-order chi connectivity index (χ1) is 11.8. The average molecular weight is 336 g/mol. The van der Waals surface area contributed by atoms with Gasteiger partial charge in [0.1, 0.15) is 5.75 Å². The zero-order valence-electron chi connectivity index (χ0n) is 14.8. The number of unbranched alkanes of at least 4 members (excludes halogenated alkanes) is 2. The van der Waals surface area contributed by atoms with Crippen molar-refractivity contribution in [1.82, 2.24) is 0 Å². The van der Waals surface area contributed by atoms with Crippen LogP contribution < -0.4 is 14.4 Å². The van der Waals surface area contributed by atoms with Crippen molar-refractivity contribution in [3.05, 3.63) is 17.0 Å². The minimum absolute atomic E-state index is 0.301. The van der Waals surface area contributed by atoms with Gasteiger partial charge in [-0.2, -0.15) is 0 Å². The quantitative estimate of drug-likeness (QED) is 0.471. The van der Waals surface area contributed by atoms with Crippen LogP contribution in [0.1, 0.15) is 39.5 Å². The largest absolute Gasteiger partial charge is 0.491 e. The van der Waals surface area contributed by atoms with Crippen LogP contribution in [-0.2, 0) is 4.74 Å². The fourth-order valence-corrected chi connectivity index (χ4v) is 2.55. The number of hydrogen-bond donors (Lipinski definition) is 0. The Balaban J connectivity index is 2.26. The van der Waals surface area contributed by atoms with Crippen LogP contribution in [0.15, 0.2) is 17.3 Å². The molecule has 0 atom stereocenters. The molecular formula is C18H28N2O4. The Labute approximate surface area is 144 Å². The number of nitrogens with zero attached hydrogens (tertiary/aromatic N) is 2. The van der Waals surface area contributed by atoms with Gasteiger partial charge in [0.25, 0.3) is 0 Å². The highest BCUT2D eigenvalue weighted by Crippen LogP contribution is 2.40. The van der Waals surface area contributed by atoms with Gasteiger partial charge in [0, 0.05) is 25.2 Å². The lowest BCUT2D eigenvalue weighted by Gasteiger charge is -2.30. The van der Waals surface area contributed by atoms with Crippen molar-refractivity contribution in [2.75, 3.05) is 44.4 Å². The SMILES string of the molecule is CCCCOc1cc(N2CCOCC2)c(OCCCC)cc1N=O. The summed E-state index contributed by atoms with van der Waals surface area (Å²) in [6, 6.07) is 3.59. The molecule has 1 heterocycles. The molecule has 6 nitrogen and oxygen atoms in total. The first-order valence-electron chi connectivity index (χ1n) is 8.89. The van der Waals surface area contributed by atoms with Gasteiger partial charge in [-0.15, -0.1) is 4.91 Å². The van der Waals surface area contributed by atoms with E-state index in [-0.39, 0.29) is 0 Å². The zero-order chi connectivity index (χ0) is 17.2. The predicted molar refractivity (Wildman–Crippen MR) is 95.7 cm³/mol. The molecule has 1 saturated heterocycles. The van der Waals surface area contributed by atoms with Gasteiger partial charge in [0.2, 0.25) is 0 Å². The number of anilines is 1. The smallest absolute Gasteiger partial charge is 0.153 e. The van der Waals surface area contributed by atoms with Crippen LogP contribution in [0.3, 0.4) is 0 Å². The summed E-state index contributed by atoms with van der Waals surface area (Å²) in [5, 5.41) is 3.13. The van der Waals surface area contributed by atoms with Crippen molar-refractivity contribution in [3.8, 4) is 11.5 Å². The first kappa shape index (κ1) is 18.5. The molecule has 1 aliphatic heterocycles. The summed E-state index contributed by atoms with van der Waals surface area (Å²) >= 11 is 0. The molecule has 0 amide bonds. The molecule has 0 unspecified atom stereocenters. The standard InChI is InChI=1S/C18H28N2O4/c1-3-5-9-23-17-14-16(20-7-11-22-12-8-20)18(13-15(17)19-21)24-10-6-4-2/h13-14H,3-12H2,1-2H3. The minimum Gasteiger partial charge on any atom is -0.491 e. The molecule has 0 saturated carbocycles. The first-order valence-corrected chi connectivity index (χ1v) is 8.89. The normalized spacial score (nSPS) is 14.5. The van der Waals surface area contributed by atoms with Crippen LogP contribution in [0, 0.1) is 4.91 Å². The molecule has 0 radical (unpaired) electrons. The molecule has 6 heteroatoms. The highest BCUT2D eigenvalue weighted by atomic mass is 16.5. The fraction of sp³-hybridized carbons (Fsp3) is 0.667. The van der Waals surface area contributed by atoms with E-state index in [0.717, 1.165) is 44.5 Å². The van der Waals surface area contributed by atoms with Gasteiger partial charge in [-0.25, -0.2) is 0 Å². The summed E-state index contributed by atoms with van der Waals surface area (Å²) < 4.78 is 17.1. The van der Waals surface area contributed by atoms with Gasteiger partial charge in [-0.3, -0.25) is 0 Å². The van der Waals surface area contributed by atoms with E-state index in [1.54, 1.807) is 6.07 Å². The summed E-state index contributed by atoms with van der Waals surface area (Å²) in [6.07, 6.45) is 4.02. The Morgan fingerprint density at radius 1 is 1.04 bits per heavy atom. The van der Waals surface area contributed by atoms with Crippen molar-refractivity contribution >= 4 is 11.4 Å². The van der Waals surface area contributed by atoms with Gasteiger partial charge < -0.3 is 19.1 Å². The maximum atomic E-state index is 11.2. The maximum absolute atomic E-state index is 11.2. The lowest BCUT2D eigenvalue weighted by atomic mass is 10.2. The highest BCUT2D eigenvalue weighted by molar-refractivity contribution is 5.70. The molecule has 0 aliphatic carbocycles. The molecule has 0 spiro atoms. The van der Waals surface area contributed by atoms with E-state index in [9.17, 15) is 4.91 Å². The average Bonchev–Trinajstić information content (AvgIpc) is 2.63. The number of nitroso groups, excluding NO2 is 1. The van der Waals surface area contributed by atoms with Crippen molar-refractivity contribution in [1.29, 1.82) is 0 Å². The van der Waals surface area contributed by atoms with Crippen molar-refractivity contribution in [2.45, 2.75) is 39.5 Å². The van der Waals surface area contributed by atoms with Crippen LogP contribution in [0.5, 0.6) is 11.5 Å². The molecule has 1 aromatic carbocycles. The van der Waals surface area contributed by atoms with Crippen LogP contribution in [0.2, 0.25) is 0 Å². The third kappa shape index (κ3) is 5.09. The molecule has 0 bridgehead atoms. The van der Waals surface area contributed by atoms with E-state index in [4.69, 9.17) is 14.2 Å². The molecule has 134 valence electrons. The molecule has 1 aliphatic rings. The Bertz CT molecular complexity index is 516. The summed E-state index contributed by atoms with van der Waals surface area (Å²) in [6.45, 7) is 8.40. The van der Waals surface area contributed by atoms with E-state index in [2.05, 4.69) is 23.9 Å². The van der Waals surface area contributed by atoms with Gasteiger partial charge in [-0.1, -0.05) is 26.7 Å². The molecule has 24 heavy (non-hydrogen) atoms. The highest BCUT2D eigenvalue weighted by Gasteiger charge is 2.20. The Morgan fingerprint density at radius 2 is 1.67 bits per heavy atom. The maximum Gasteiger partial charge on any atom is 0.153 e. The van der Waals surface area contributed by atoms with Gasteiger partial charge in [0.15, 0.2) is 11.4 Å². The Morgan fingerprint density at radius 3 is 2.25 bits per heavy atom. The molecule has 0 N–H and O–H groups in total. The predicted octanol–water partition coefficient (Wildman–Crippen LogP) is 4.28. The minimum atomic E-state index is 0.301. The second kappa shape index (κ2) is 10.1. The molecule has 2 rings (SSSR count). The topological polar surface area (TPSA) is 60.4 Å². The van der Waals surface area contributed by atoms with Gasteiger partial charge in [0.05, 0.1) is 32.1 Å². The Hall–Kier alpha value is -1.82. The van der Waals surface area contributed by atoms with Crippen LogP contribution in [0.25, 0.3) is 0 Å². The molecule has 0 aromatic heterocycles. The number of rotatable bonds is 10. The summed E-state index contributed by atoms with van der Waals surface area (Å²) in [5.41, 5.74) is 1.25. The van der Waals surface area contributed by atoms with Crippen LogP contribution >= 0.6 is 0 Å². The lowest BCUT2D eigenvalue weighted by Crippen LogP contribution is -2.36. The summed E-state index contributed by atoms with van der Waals surface area (Å²) in [4.78, 5) is 13.4. The van der Waals surface area contributed by atoms with Crippen molar-refractivity contribution in [2.24, 2.45) is 5.18 Å². The molecular weight excluding hydrogens is 308 g/mol. The second-order valence-corrected chi connectivity index (χ2v) is 5.88. The van der Waals surface area contributed by atoms with Crippen LogP contribution in [0.4, 0.5) is 11.4 Å². The van der Waals surface area contributed by atoms with E-state index in [0.29, 0.717) is 43.6 Å². The van der Waals surface area contributed by atoms with E-state index < -0.39 is 0 Å². The lowest BCUT2D eigenvalue weighted by molar-refractivity contribution is 0.122. The van der Waals surface area contributed by atoms with Crippen molar-refractivity contribution in [3.63, 3.8) is 0 Å². The molecule has 1 fully saturated rings. The molecule has 1 aromatic rings. The van der Waals surface area contributed by atoms with Gasteiger partial charge >= 0.3 is 0 Å². The van der Waals surface area contributed by atoms with E-state index in [1.165, 1.54) is 0 Å². The third-order valence-corrected chi connectivity index (χ3v) is 4.00. The van der Waals surface area contributed by atoms with E-state index >= 15 is 0 Å². The number of hydrogen-bond acceptors (Lipinski definition) is 6. The monoisotopic (exact) mass is 336 g/mol. The zero-order valence-corrected chi connectivity index (χ0v) is 14.8. The second-order valence-electron chi connectivity index (χ2n) is 5.88. The summed E-state index contributed by atoms with van der Waals surface area (Å²) in [7, 11) is 0. The summed E-state index contributed by atoms with van der Waals surface area (Å²) in [5.74, 6) is 1.23. The fourth-order valence-electron chi connectivity index (χ4n) is 2.55. The number of benzene rings is 1. The Kier molecular flexibility index (Phi) is 7.82. The number of ether oxygens (including phenoxy) is 3. The number of morpholine rings is 1. The van der Waals surface area contributed by atoms with Crippen molar-refractivity contribution < 1.29 is 14.2 Å². The van der Waals surface area contributed by atoms with E-state index in [1.807, 2.05) is 6.07 Å². The van der Waals surface area contributed by atoms with Crippen LogP contribution in [-0.4, -0.2) is 39.5 Å².